The molecule has 0 fully saturated rings. The van der Waals surface area contributed by atoms with Gasteiger partial charge in [-0.15, -0.1) is 0 Å². The first kappa shape index (κ1) is 22.6. The van der Waals surface area contributed by atoms with E-state index in [9.17, 15) is 14.7 Å². The van der Waals surface area contributed by atoms with Crippen LogP contribution in [0.2, 0.25) is 0 Å². The van der Waals surface area contributed by atoms with Crippen LogP contribution >= 0.6 is 15.9 Å². The van der Waals surface area contributed by atoms with E-state index in [-0.39, 0.29) is 11.8 Å². The van der Waals surface area contributed by atoms with E-state index in [0.29, 0.717) is 35.7 Å². The molecule has 0 saturated carbocycles. The molecule has 1 aliphatic rings. The number of hydrogen-bond donors (Lipinski definition) is 1. The van der Waals surface area contributed by atoms with E-state index < -0.39 is 5.60 Å². The lowest BCUT2D eigenvalue weighted by molar-refractivity contribution is -0.140. The van der Waals surface area contributed by atoms with Crippen LogP contribution in [-0.2, 0) is 14.3 Å². The molecule has 0 radical (unpaired) electrons. The summed E-state index contributed by atoms with van der Waals surface area (Å²) in [6, 6.07) is 0. The van der Waals surface area contributed by atoms with Gasteiger partial charge < -0.3 is 9.84 Å². The maximum absolute atomic E-state index is 12.3. The Morgan fingerprint density at radius 3 is 2.65 bits per heavy atom. The topological polar surface area (TPSA) is 63.6 Å². The largest absolute Gasteiger partial charge is 0.469 e. The fraction of sp³-hybridized carbons (Fsp3) is 0.524. The zero-order valence-electron chi connectivity index (χ0n) is 15.7. The van der Waals surface area contributed by atoms with E-state index in [1.54, 1.807) is 18.2 Å². The predicted octanol–water partition coefficient (Wildman–Crippen LogP) is 4.93. The number of aliphatic hydroxyl groups is 1. The van der Waals surface area contributed by atoms with Crippen LogP contribution in [-0.4, -0.2) is 29.6 Å². The highest BCUT2D eigenvalue weighted by atomic mass is 79.9. The summed E-state index contributed by atoms with van der Waals surface area (Å²) in [6.07, 6.45) is 17.5. The molecule has 0 aromatic rings. The number of unbranched alkanes of at least 4 members (excludes halogenated alkanes) is 4. The van der Waals surface area contributed by atoms with Crippen molar-refractivity contribution < 1.29 is 19.4 Å². The molecule has 1 rings (SSSR count). The van der Waals surface area contributed by atoms with Gasteiger partial charge in [-0.1, -0.05) is 50.1 Å². The van der Waals surface area contributed by atoms with Gasteiger partial charge in [-0.2, -0.15) is 0 Å². The molecule has 0 aliphatic heterocycles. The minimum Gasteiger partial charge on any atom is -0.469 e. The Labute approximate surface area is 164 Å². The zero-order valence-corrected chi connectivity index (χ0v) is 17.3. The number of allylic oxidation sites excluding steroid dienone is 5. The van der Waals surface area contributed by atoms with Crippen molar-refractivity contribution in [1.29, 1.82) is 0 Å². The number of hydrogen-bond acceptors (Lipinski definition) is 4. The van der Waals surface area contributed by atoms with Gasteiger partial charge in [0.15, 0.2) is 5.78 Å². The lowest BCUT2D eigenvalue weighted by Gasteiger charge is -2.20. The van der Waals surface area contributed by atoms with Gasteiger partial charge in [-0.3, -0.25) is 9.59 Å². The van der Waals surface area contributed by atoms with Crippen molar-refractivity contribution in [3.8, 4) is 0 Å². The molecule has 0 unspecified atom stereocenters. The van der Waals surface area contributed by atoms with Crippen molar-refractivity contribution in [3.63, 3.8) is 0 Å². The zero-order chi connectivity index (χ0) is 19.4. The molecule has 0 saturated heterocycles. The number of ketones is 1. The van der Waals surface area contributed by atoms with Crippen LogP contribution in [0.5, 0.6) is 0 Å². The van der Waals surface area contributed by atoms with Gasteiger partial charge in [0.1, 0.15) is 5.60 Å². The van der Waals surface area contributed by atoms with E-state index in [2.05, 4.69) is 33.7 Å². The van der Waals surface area contributed by atoms with Crippen LogP contribution < -0.4 is 0 Å². The van der Waals surface area contributed by atoms with Crippen molar-refractivity contribution in [3.05, 3.63) is 46.5 Å². The average Bonchev–Trinajstić information content (AvgIpc) is 2.83. The Kier molecular flexibility index (Phi) is 10.4. The van der Waals surface area contributed by atoms with Crippen molar-refractivity contribution in [2.75, 3.05) is 7.11 Å². The standard InChI is InChI=1S/C21H29BrO4/c1-3-4-5-6-9-12-15-21(25)16-18(22)20(24)17(21)13-10-7-8-11-14-19(23)26-2/h7,9-10,12-13,16,25H,3-6,8,11,14-15H2,1-2H3/b10-7+,12-9-,17-13?/t21-/m1/s1. The molecule has 26 heavy (non-hydrogen) atoms. The summed E-state index contributed by atoms with van der Waals surface area (Å²) < 4.78 is 4.98. The van der Waals surface area contributed by atoms with Crippen LogP contribution in [0.4, 0.5) is 0 Å². The van der Waals surface area contributed by atoms with Crippen LogP contribution in [0.1, 0.15) is 58.3 Å². The molecule has 1 aliphatic carbocycles. The van der Waals surface area contributed by atoms with Crippen LogP contribution in [0.15, 0.2) is 46.5 Å². The maximum atomic E-state index is 12.3. The lowest BCUT2D eigenvalue weighted by atomic mass is 9.92. The van der Waals surface area contributed by atoms with Gasteiger partial charge >= 0.3 is 5.97 Å². The van der Waals surface area contributed by atoms with E-state index in [1.165, 1.54) is 20.0 Å². The van der Waals surface area contributed by atoms with Gasteiger partial charge in [-0.05, 0) is 47.7 Å². The molecule has 1 N–H and O–H groups in total. The van der Waals surface area contributed by atoms with Gasteiger partial charge in [0.05, 0.1) is 11.6 Å². The van der Waals surface area contributed by atoms with Crippen LogP contribution in [0.3, 0.4) is 0 Å². The Hall–Kier alpha value is -1.46. The third kappa shape index (κ3) is 7.42. The summed E-state index contributed by atoms with van der Waals surface area (Å²) in [5, 5.41) is 10.9. The number of rotatable bonds is 11. The molecular formula is C21H29BrO4. The van der Waals surface area contributed by atoms with Crippen molar-refractivity contribution in [2.45, 2.75) is 63.9 Å². The molecule has 0 spiro atoms. The number of carbonyl (C=O) groups is 2. The van der Waals surface area contributed by atoms with Crippen LogP contribution in [0, 0.1) is 0 Å². The number of carbonyl (C=O) groups excluding carboxylic acids is 2. The Morgan fingerprint density at radius 2 is 1.96 bits per heavy atom. The second kappa shape index (κ2) is 12.0. The third-order valence-electron chi connectivity index (χ3n) is 4.24. The number of halogens is 1. The minimum atomic E-state index is -1.27. The molecule has 4 nitrogen and oxygen atoms in total. The first-order valence-electron chi connectivity index (χ1n) is 9.19. The molecule has 0 amide bonds. The molecule has 5 heteroatoms. The van der Waals surface area contributed by atoms with Crippen molar-refractivity contribution >= 4 is 27.7 Å². The second-order valence-corrected chi connectivity index (χ2v) is 7.25. The Bertz CT molecular complexity index is 601. The summed E-state index contributed by atoms with van der Waals surface area (Å²) in [4.78, 5) is 23.3. The highest BCUT2D eigenvalue weighted by molar-refractivity contribution is 9.12. The molecule has 144 valence electrons. The summed E-state index contributed by atoms with van der Waals surface area (Å²) in [6.45, 7) is 2.17. The third-order valence-corrected chi connectivity index (χ3v) is 4.83. The first-order chi connectivity index (χ1) is 12.4. The van der Waals surface area contributed by atoms with E-state index in [1.807, 2.05) is 12.2 Å². The van der Waals surface area contributed by atoms with E-state index in [4.69, 9.17) is 0 Å². The molecule has 0 bridgehead atoms. The normalized spacial score (nSPS) is 21.9. The van der Waals surface area contributed by atoms with Gasteiger partial charge in [0.2, 0.25) is 0 Å². The molecule has 0 aromatic carbocycles. The van der Waals surface area contributed by atoms with Crippen LogP contribution in [0.25, 0.3) is 0 Å². The SMILES string of the molecule is CCCCC/C=C\C[C@@]1(O)C=C(Br)C(=O)C1=C/C=C/CCCC(=O)OC. The number of Topliss-reactive ketones (excluding diaryl/α,β-unsaturated/α-hetero) is 1. The quantitative estimate of drug-likeness (QED) is 0.221. The minimum absolute atomic E-state index is 0.189. The maximum Gasteiger partial charge on any atom is 0.305 e. The van der Waals surface area contributed by atoms with Crippen molar-refractivity contribution in [1.82, 2.24) is 0 Å². The molecule has 0 heterocycles. The Balaban J connectivity index is 2.62. The fourth-order valence-corrected chi connectivity index (χ4v) is 3.28. The smallest absolute Gasteiger partial charge is 0.305 e. The number of ether oxygens (including phenoxy) is 1. The predicted molar refractivity (Wildman–Crippen MR) is 108 cm³/mol. The fourth-order valence-electron chi connectivity index (χ4n) is 2.69. The summed E-state index contributed by atoms with van der Waals surface area (Å²) in [5.41, 5.74) is -0.903. The summed E-state index contributed by atoms with van der Waals surface area (Å²) >= 11 is 3.23. The summed E-state index contributed by atoms with van der Waals surface area (Å²) in [5.74, 6) is -0.415. The van der Waals surface area contributed by atoms with Gasteiger partial charge in [-0.25, -0.2) is 0 Å². The molecule has 1 atom stereocenters. The highest BCUT2D eigenvalue weighted by Gasteiger charge is 2.39. The average molecular weight is 425 g/mol. The number of methoxy groups -OCH3 is 1. The number of esters is 1. The second-order valence-electron chi connectivity index (χ2n) is 6.39. The highest BCUT2D eigenvalue weighted by Crippen LogP contribution is 2.36. The van der Waals surface area contributed by atoms with Gasteiger partial charge in [0.25, 0.3) is 0 Å². The molecular weight excluding hydrogens is 396 g/mol. The first-order valence-corrected chi connectivity index (χ1v) is 9.98. The lowest BCUT2D eigenvalue weighted by Crippen LogP contribution is -2.27. The van der Waals surface area contributed by atoms with Gasteiger partial charge in [0, 0.05) is 18.4 Å². The van der Waals surface area contributed by atoms with Crippen molar-refractivity contribution in [2.24, 2.45) is 0 Å². The summed E-state index contributed by atoms with van der Waals surface area (Å²) in [7, 11) is 1.37. The monoisotopic (exact) mass is 424 g/mol. The Morgan fingerprint density at radius 1 is 1.23 bits per heavy atom. The van der Waals surface area contributed by atoms with E-state index in [0.717, 1.165) is 12.8 Å². The molecule has 0 aromatic heterocycles. The van der Waals surface area contributed by atoms with E-state index >= 15 is 0 Å².